The summed E-state index contributed by atoms with van der Waals surface area (Å²) in [5.41, 5.74) is 3.78. The van der Waals surface area contributed by atoms with Gasteiger partial charge in [0.05, 0.1) is 11.4 Å². The fourth-order valence-electron chi connectivity index (χ4n) is 3.04. The number of hydrazine groups is 1. The average Bonchev–Trinajstić information content (AvgIpc) is 2.78. The number of hydrogen-bond acceptors (Lipinski definition) is 4. The van der Waals surface area contributed by atoms with Crippen LogP contribution in [0.1, 0.15) is 23.2 Å². The quantitative estimate of drug-likeness (QED) is 0.615. The summed E-state index contributed by atoms with van der Waals surface area (Å²) in [7, 11) is 0. The second-order valence-electron chi connectivity index (χ2n) is 6.82. The number of hydrogen-bond donors (Lipinski definition) is 2. The number of benzene rings is 3. The summed E-state index contributed by atoms with van der Waals surface area (Å²) in [6, 6.07) is 20.5. The molecule has 31 heavy (non-hydrogen) atoms. The van der Waals surface area contributed by atoms with Crippen molar-refractivity contribution in [3.05, 3.63) is 83.4 Å². The van der Waals surface area contributed by atoms with Crippen LogP contribution in [0, 0.1) is 0 Å². The first-order valence-corrected chi connectivity index (χ1v) is 9.94. The largest absolute Gasteiger partial charge is 0.455 e. The number of anilines is 2. The smallest absolute Gasteiger partial charge is 0.255 e. The normalized spacial score (nSPS) is 13.5. The van der Waals surface area contributed by atoms with Crippen molar-refractivity contribution in [2.75, 3.05) is 10.3 Å². The van der Waals surface area contributed by atoms with Crippen LogP contribution in [-0.2, 0) is 9.59 Å². The van der Waals surface area contributed by atoms with Crippen molar-refractivity contribution >= 4 is 40.7 Å². The van der Waals surface area contributed by atoms with Crippen molar-refractivity contribution in [2.24, 2.45) is 0 Å². The Hall–Kier alpha value is -3.84. The molecule has 3 aromatic rings. The fourth-order valence-corrected chi connectivity index (χ4v) is 3.22. The number of carbonyl (C=O) groups excluding carboxylic acids is 3. The van der Waals surface area contributed by atoms with E-state index in [-0.39, 0.29) is 30.6 Å². The van der Waals surface area contributed by atoms with Gasteiger partial charge in [-0.25, -0.2) is 5.01 Å². The number of rotatable bonds is 5. The minimum Gasteiger partial charge on any atom is -0.455 e. The van der Waals surface area contributed by atoms with Crippen molar-refractivity contribution in [3.8, 4) is 11.5 Å². The number of nitrogens with zero attached hydrogens (tertiary/aromatic N) is 1. The number of para-hydroxylation sites is 1. The van der Waals surface area contributed by atoms with Gasteiger partial charge in [-0.1, -0.05) is 29.8 Å². The summed E-state index contributed by atoms with van der Waals surface area (Å²) in [5, 5.41) is 4.44. The zero-order chi connectivity index (χ0) is 21.8. The summed E-state index contributed by atoms with van der Waals surface area (Å²) in [4.78, 5) is 36.4. The van der Waals surface area contributed by atoms with Crippen LogP contribution in [0.15, 0.2) is 72.8 Å². The van der Waals surface area contributed by atoms with E-state index in [1.807, 2.05) is 18.2 Å². The highest BCUT2D eigenvalue weighted by Crippen LogP contribution is 2.32. The maximum absolute atomic E-state index is 12.8. The van der Waals surface area contributed by atoms with Gasteiger partial charge in [0.25, 0.3) is 5.91 Å². The van der Waals surface area contributed by atoms with Crippen molar-refractivity contribution < 1.29 is 19.1 Å². The first kappa shape index (κ1) is 20.4. The fraction of sp³-hybridized carbons (Fsp3) is 0.0870. The first-order valence-electron chi connectivity index (χ1n) is 9.56. The third kappa shape index (κ3) is 4.84. The molecule has 0 spiro atoms. The van der Waals surface area contributed by atoms with E-state index in [2.05, 4.69) is 10.7 Å². The Labute approximate surface area is 183 Å². The van der Waals surface area contributed by atoms with E-state index in [0.717, 1.165) is 0 Å². The minimum atomic E-state index is -0.374. The Morgan fingerprint density at radius 3 is 2.45 bits per heavy atom. The van der Waals surface area contributed by atoms with Gasteiger partial charge in [-0.05, 0) is 54.6 Å². The third-order valence-electron chi connectivity index (χ3n) is 4.60. The van der Waals surface area contributed by atoms with Crippen molar-refractivity contribution in [2.45, 2.75) is 12.8 Å². The van der Waals surface area contributed by atoms with Crippen LogP contribution in [0.5, 0.6) is 11.5 Å². The molecule has 1 heterocycles. The molecule has 8 heteroatoms. The van der Waals surface area contributed by atoms with Gasteiger partial charge in [0.1, 0.15) is 5.75 Å². The van der Waals surface area contributed by atoms with Crippen molar-refractivity contribution in [1.29, 1.82) is 0 Å². The zero-order valence-corrected chi connectivity index (χ0v) is 17.1. The monoisotopic (exact) mass is 435 g/mol. The lowest BCUT2D eigenvalue weighted by molar-refractivity contribution is -0.130. The Morgan fingerprint density at radius 2 is 1.71 bits per heavy atom. The summed E-state index contributed by atoms with van der Waals surface area (Å²) in [6.07, 6.45) is 0.315. The third-order valence-corrected chi connectivity index (χ3v) is 4.84. The standard InChI is InChI=1S/C23H18ClN3O4/c24-16-8-11-20(31-18-4-2-1-3-5-18)19(14-16)25-23(30)15-6-9-17(10-7-15)27-22(29)13-12-21(28)26-27/h1-11,14H,12-13H2,(H,25,30)(H,26,28). The molecule has 2 N–H and O–H groups in total. The molecule has 1 aliphatic rings. The molecule has 1 aliphatic heterocycles. The second-order valence-corrected chi connectivity index (χ2v) is 7.26. The van der Waals surface area contributed by atoms with E-state index in [4.69, 9.17) is 16.3 Å². The number of ether oxygens (including phenoxy) is 1. The van der Waals surface area contributed by atoms with Gasteiger partial charge in [-0.2, -0.15) is 0 Å². The highest BCUT2D eigenvalue weighted by atomic mass is 35.5. The second kappa shape index (κ2) is 8.89. The highest BCUT2D eigenvalue weighted by molar-refractivity contribution is 6.31. The minimum absolute atomic E-state index is 0.146. The van der Waals surface area contributed by atoms with E-state index in [0.29, 0.717) is 33.5 Å². The number of nitrogens with one attached hydrogen (secondary N) is 2. The average molecular weight is 436 g/mol. The van der Waals surface area contributed by atoms with E-state index in [1.54, 1.807) is 54.6 Å². The lowest BCUT2D eigenvalue weighted by Gasteiger charge is -2.27. The number of amides is 3. The van der Waals surface area contributed by atoms with E-state index in [9.17, 15) is 14.4 Å². The zero-order valence-electron chi connectivity index (χ0n) is 16.3. The van der Waals surface area contributed by atoms with Gasteiger partial charge >= 0.3 is 0 Å². The Balaban J connectivity index is 1.51. The number of halogens is 1. The van der Waals surface area contributed by atoms with Crippen LogP contribution in [0.2, 0.25) is 5.02 Å². The molecule has 7 nitrogen and oxygen atoms in total. The summed E-state index contributed by atoms with van der Waals surface area (Å²) < 4.78 is 5.86. The maximum Gasteiger partial charge on any atom is 0.255 e. The molecule has 0 radical (unpaired) electrons. The topological polar surface area (TPSA) is 87.7 Å². The molecule has 0 bridgehead atoms. The van der Waals surface area contributed by atoms with E-state index >= 15 is 0 Å². The summed E-state index contributed by atoms with van der Waals surface area (Å²) >= 11 is 6.10. The molecule has 4 rings (SSSR count). The molecule has 1 fully saturated rings. The van der Waals surface area contributed by atoms with Gasteiger partial charge in [0.2, 0.25) is 11.8 Å². The Morgan fingerprint density at radius 1 is 0.968 bits per heavy atom. The lowest BCUT2D eigenvalue weighted by Crippen LogP contribution is -2.50. The molecular weight excluding hydrogens is 418 g/mol. The van der Waals surface area contributed by atoms with Crippen LogP contribution in [-0.4, -0.2) is 17.7 Å². The molecule has 1 saturated heterocycles. The van der Waals surface area contributed by atoms with Crippen LogP contribution in [0.3, 0.4) is 0 Å². The lowest BCUT2D eigenvalue weighted by atomic mass is 10.1. The van der Waals surface area contributed by atoms with Gasteiger partial charge in [0.15, 0.2) is 5.75 Å². The Kier molecular flexibility index (Phi) is 5.86. The Bertz CT molecular complexity index is 1130. The maximum atomic E-state index is 12.8. The van der Waals surface area contributed by atoms with Crippen LogP contribution >= 0.6 is 11.6 Å². The molecule has 0 aliphatic carbocycles. The van der Waals surface area contributed by atoms with E-state index < -0.39 is 0 Å². The highest BCUT2D eigenvalue weighted by Gasteiger charge is 2.24. The van der Waals surface area contributed by atoms with Crippen molar-refractivity contribution in [3.63, 3.8) is 0 Å². The predicted molar refractivity (Wildman–Crippen MR) is 117 cm³/mol. The first-order chi connectivity index (χ1) is 15.0. The van der Waals surface area contributed by atoms with Crippen LogP contribution < -0.4 is 20.5 Å². The van der Waals surface area contributed by atoms with Crippen molar-refractivity contribution in [1.82, 2.24) is 5.43 Å². The molecule has 3 aromatic carbocycles. The molecule has 0 unspecified atom stereocenters. The van der Waals surface area contributed by atoms with Crippen LogP contribution in [0.25, 0.3) is 0 Å². The molecule has 0 saturated carbocycles. The summed E-state index contributed by atoms with van der Waals surface area (Å²) in [6.45, 7) is 0. The molecule has 0 aromatic heterocycles. The molecule has 3 amide bonds. The van der Waals surface area contributed by atoms with E-state index in [1.165, 1.54) is 5.01 Å². The number of carbonyl (C=O) groups is 3. The molecule has 0 atom stereocenters. The molecule has 156 valence electrons. The van der Waals surface area contributed by atoms with Gasteiger partial charge < -0.3 is 10.1 Å². The van der Waals surface area contributed by atoms with Gasteiger partial charge in [-0.15, -0.1) is 0 Å². The van der Waals surface area contributed by atoms with Gasteiger partial charge in [-0.3, -0.25) is 19.8 Å². The SMILES string of the molecule is O=C1CCC(=O)N(c2ccc(C(=O)Nc3cc(Cl)ccc3Oc3ccccc3)cc2)N1. The predicted octanol–water partition coefficient (Wildman–Crippen LogP) is 4.54. The summed E-state index contributed by atoms with van der Waals surface area (Å²) in [5.74, 6) is 0.257. The molecular formula is C23H18ClN3O4. The van der Waals surface area contributed by atoms with Gasteiger partial charge in [0, 0.05) is 23.4 Å². The van der Waals surface area contributed by atoms with Crippen LogP contribution in [0.4, 0.5) is 11.4 Å².